The topological polar surface area (TPSA) is 75.2 Å². The number of nitrogens with one attached hydrogen (secondary N) is 1. The van der Waals surface area contributed by atoms with Crippen LogP contribution in [0, 0.1) is 0 Å². The van der Waals surface area contributed by atoms with Gasteiger partial charge in [0.2, 0.25) is 10.0 Å². The van der Waals surface area contributed by atoms with E-state index in [0.29, 0.717) is 12.2 Å². The Balaban J connectivity index is 1.41. The second-order valence-corrected chi connectivity index (χ2v) is 11.1. The Labute approximate surface area is 213 Å². The Kier molecular flexibility index (Phi) is 6.63. The van der Waals surface area contributed by atoms with Crippen LogP contribution in [0.1, 0.15) is 36.0 Å². The molecule has 3 heterocycles. The first-order valence-corrected chi connectivity index (χ1v) is 13.3. The van der Waals surface area contributed by atoms with Crippen molar-refractivity contribution < 1.29 is 21.6 Å². The molecule has 0 radical (unpaired) electrons. The van der Waals surface area contributed by atoms with Crippen LogP contribution >= 0.6 is 0 Å². The van der Waals surface area contributed by atoms with E-state index in [1.807, 2.05) is 30.3 Å². The maximum atomic E-state index is 13.6. The fourth-order valence-electron chi connectivity index (χ4n) is 4.77. The van der Waals surface area contributed by atoms with E-state index >= 15 is 0 Å². The molecule has 4 aromatic rings. The Bertz CT molecular complexity index is 1560. The Morgan fingerprint density at radius 3 is 2.62 bits per heavy atom. The predicted octanol–water partition coefficient (Wildman–Crippen LogP) is 6.18. The molecule has 37 heavy (non-hydrogen) atoms. The maximum absolute atomic E-state index is 13.6. The fraction of sp³-hybridized carbons (Fsp3) is 0.259. The molecule has 6 nitrogen and oxygen atoms in total. The standard InChI is InChI=1S/C27H25F3N4O2S/c1-18(15-27(28,29)30)22-7-3-5-9-25(22)37(35,36)34-13-11-23-20(17-34)10-12-31-26(23)33-21-14-19-6-2-4-8-24(19)32-16-21/h2-10,12,14,16,18H,11,13,15,17H2,1H3,(H,31,33)/t18-/m0/s1. The lowest BCUT2D eigenvalue weighted by atomic mass is 9.97. The lowest BCUT2D eigenvalue weighted by Crippen LogP contribution is -2.37. The summed E-state index contributed by atoms with van der Waals surface area (Å²) in [6.07, 6.45) is -1.73. The summed E-state index contributed by atoms with van der Waals surface area (Å²) in [5, 5.41) is 4.29. The molecule has 2 aromatic carbocycles. The number of halogens is 3. The van der Waals surface area contributed by atoms with Gasteiger partial charge >= 0.3 is 6.18 Å². The average Bonchev–Trinajstić information content (AvgIpc) is 2.87. The molecule has 1 atom stereocenters. The van der Waals surface area contributed by atoms with Crippen LogP contribution in [0.2, 0.25) is 0 Å². The summed E-state index contributed by atoms with van der Waals surface area (Å²) >= 11 is 0. The van der Waals surface area contributed by atoms with Gasteiger partial charge in [-0.15, -0.1) is 0 Å². The van der Waals surface area contributed by atoms with Crippen molar-refractivity contribution in [2.75, 3.05) is 11.9 Å². The third kappa shape index (κ3) is 5.30. The van der Waals surface area contributed by atoms with E-state index in [1.54, 1.807) is 24.5 Å². The molecular weight excluding hydrogens is 501 g/mol. The molecule has 5 rings (SSSR count). The molecule has 10 heteroatoms. The number of hydrogen-bond acceptors (Lipinski definition) is 5. The first kappa shape index (κ1) is 25.2. The van der Waals surface area contributed by atoms with Crippen molar-refractivity contribution in [3.63, 3.8) is 0 Å². The lowest BCUT2D eigenvalue weighted by Gasteiger charge is -2.30. The van der Waals surface area contributed by atoms with Crippen molar-refractivity contribution in [2.24, 2.45) is 0 Å². The zero-order valence-electron chi connectivity index (χ0n) is 20.0. The van der Waals surface area contributed by atoms with Gasteiger partial charge in [-0.25, -0.2) is 13.4 Å². The summed E-state index contributed by atoms with van der Waals surface area (Å²) in [4.78, 5) is 8.86. The minimum Gasteiger partial charge on any atom is -0.339 e. The molecule has 0 spiro atoms. The van der Waals surface area contributed by atoms with Crippen LogP contribution < -0.4 is 5.32 Å². The van der Waals surface area contributed by atoms with Crippen LogP contribution in [-0.4, -0.2) is 35.4 Å². The van der Waals surface area contributed by atoms with E-state index in [9.17, 15) is 21.6 Å². The molecule has 1 N–H and O–H groups in total. The quantitative estimate of drug-likeness (QED) is 0.325. The number of rotatable bonds is 6. The van der Waals surface area contributed by atoms with Crippen LogP contribution in [0.4, 0.5) is 24.7 Å². The third-order valence-electron chi connectivity index (χ3n) is 6.57. The van der Waals surface area contributed by atoms with Gasteiger partial charge in [0.15, 0.2) is 0 Å². The predicted molar refractivity (Wildman–Crippen MR) is 136 cm³/mol. The third-order valence-corrected chi connectivity index (χ3v) is 8.49. The number of nitrogens with zero attached hydrogens (tertiary/aromatic N) is 3. The van der Waals surface area contributed by atoms with Gasteiger partial charge in [0.25, 0.3) is 0 Å². The van der Waals surface area contributed by atoms with E-state index in [1.165, 1.54) is 29.4 Å². The number of sulfonamides is 1. The Morgan fingerprint density at radius 1 is 1.05 bits per heavy atom. The van der Waals surface area contributed by atoms with Gasteiger partial charge in [0.1, 0.15) is 5.82 Å². The van der Waals surface area contributed by atoms with Gasteiger partial charge < -0.3 is 5.32 Å². The zero-order valence-corrected chi connectivity index (χ0v) is 20.9. The normalized spacial score (nSPS) is 15.4. The lowest BCUT2D eigenvalue weighted by molar-refractivity contribution is -0.138. The van der Waals surface area contributed by atoms with Crippen LogP contribution in [0.15, 0.2) is 78.0 Å². The maximum Gasteiger partial charge on any atom is 0.389 e. The van der Waals surface area contributed by atoms with Crippen molar-refractivity contribution >= 4 is 32.4 Å². The molecule has 0 aliphatic carbocycles. The SMILES string of the molecule is C[C@@H](CC(F)(F)F)c1ccccc1S(=O)(=O)N1CCc2c(ccnc2Nc2cnc3ccccc3c2)C1. The molecule has 0 saturated carbocycles. The summed E-state index contributed by atoms with van der Waals surface area (Å²) in [7, 11) is -4.02. The molecule has 1 aliphatic rings. The number of aromatic nitrogens is 2. The molecular formula is C27H25F3N4O2S. The van der Waals surface area contributed by atoms with E-state index < -0.39 is 28.5 Å². The van der Waals surface area contributed by atoms with Gasteiger partial charge in [-0.05, 0) is 47.7 Å². The zero-order chi connectivity index (χ0) is 26.2. The molecule has 0 saturated heterocycles. The van der Waals surface area contributed by atoms with E-state index in [2.05, 4.69) is 15.3 Å². The minimum absolute atomic E-state index is 0.0788. The molecule has 2 aromatic heterocycles. The number of alkyl halides is 3. The van der Waals surface area contributed by atoms with Crippen molar-refractivity contribution in [3.05, 3.63) is 89.7 Å². The monoisotopic (exact) mass is 526 g/mol. The highest BCUT2D eigenvalue weighted by Crippen LogP contribution is 2.36. The summed E-state index contributed by atoms with van der Waals surface area (Å²) in [6, 6.07) is 17.5. The molecule has 0 fully saturated rings. The largest absolute Gasteiger partial charge is 0.389 e. The Hall–Kier alpha value is -3.50. The van der Waals surface area contributed by atoms with Crippen molar-refractivity contribution in [1.29, 1.82) is 0 Å². The average molecular weight is 527 g/mol. The number of hydrogen-bond donors (Lipinski definition) is 1. The van der Waals surface area contributed by atoms with E-state index in [0.717, 1.165) is 27.7 Å². The molecule has 0 unspecified atom stereocenters. The molecule has 0 bridgehead atoms. The van der Waals surface area contributed by atoms with Crippen LogP contribution in [-0.2, 0) is 23.0 Å². The van der Waals surface area contributed by atoms with Gasteiger partial charge in [-0.1, -0.05) is 43.3 Å². The van der Waals surface area contributed by atoms with Gasteiger partial charge in [0.05, 0.1) is 28.7 Å². The molecule has 1 aliphatic heterocycles. The highest BCUT2D eigenvalue weighted by molar-refractivity contribution is 7.89. The number of para-hydroxylation sites is 1. The number of fused-ring (bicyclic) bond motifs is 2. The number of pyridine rings is 2. The van der Waals surface area contributed by atoms with Crippen molar-refractivity contribution in [3.8, 4) is 0 Å². The summed E-state index contributed by atoms with van der Waals surface area (Å²) in [6.45, 7) is 1.69. The number of benzene rings is 2. The highest BCUT2D eigenvalue weighted by atomic mass is 32.2. The summed E-state index contributed by atoms with van der Waals surface area (Å²) < 4.78 is 67.6. The van der Waals surface area contributed by atoms with E-state index in [4.69, 9.17) is 0 Å². The van der Waals surface area contributed by atoms with E-state index in [-0.39, 0.29) is 23.5 Å². The Morgan fingerprint density at radius 2 is 1.81 bits per heavy atom. The molecule has 0 amide bonds. The molecule has 192 valence electrons. The first-order chi connectivity index (χ1) is 17.6. The van der Waals surface area contributed by atoms with Gasteiger partial charge in [-0.2, -0.15) is 17.5 Å². The smallest absolute Gasteiger partial charge is 0.339 e. The van der Waals surface area contributed by atoms with Crippen molar-refractivity contribution in [2.45, 2.75) is 43.3 Å². The number of anilines is 2. The van der Waals surface area contributed by atoms with Crippen LogP contribution in [0.3, 0.4) is 0 Å². The minimum atomic E-state index is -4.39. The van der Waals surface area contributed by atoms with Gasteiger partial charge in [0, 0.05) is 30.2 Å². The van der Waals surface area contributed by atoms with Crippen LogP contribution in [0.5, 0.6) is 0 Å². The second kappa shape index (κ2) is 9.75. The second-order valence-electron chi connectivity index (χ2n) is 9.19. The highest BCUT2D eigenvalue weighted by Gasteiger charge is 2.35. The van der Waals surface area contributed by atoms with Crippen molar-refractivity contribution in [1.82, 2.24) is 14.3 Å². The summed E-state index contributed by atoms with van der Waals surface area (Å²) in [5.74, 6) is -0.357. The first-order valence-electron chi connectivity index (χ1n) is 11.9. The fourth-order valence-corrected chi connectivity index (χ4v) is 6.51. The summed E-state index contributed by atoms with van der Waals surface area (Å²) in [5.41, 5.74) is 3.51. The van der Waals surface area contributed by atoms with Gasteiger partial charge in [-0.3, -0.25) is 4.98 Å². The van der Waals surface area contributed by atoms with Crippen LogP contribution in [0.25, 0.3) is 10.9 Å².